The second-order valence-corrected chi connectivity index (χ2v) is 12.4. The van der Waals surface area contributed by atoms with Crippen LogP contribution in [0.4, 0.5) is 57.1 Å². The Bertz CT molecular complexity index is 1640. The van der Waals surface area contributed by atoms with E-state index in [-0.39, 0.29) is 49.0 Å². The predicted octanol–water partition coefficient (Wildman–Crippen LogP) is 11.2. The van der Waals surface area contributed by atoms with Gasteiger partial charge in [0.1, 0.15) is 51.8 Å². The average molecular weight is 749 g/mol. The van der Waals surface area contributed by atoms with E-state index < -0.39 is 87.8 Å². The quantitative estimate of drug-likeness (QED) is 0.194. The van der Waals surface area contributed by atoms with Gasteiger partial charge in [-0.3, -0.25) is 0 Å². The molecule has 1 saturated heterocycles. The first-order chi connectivity index (χ1) is 23.8. The van der Waals surface area contributed by atoms with E-state index in [1.165, 1.54) is 0 Å². The lowest BCUT2D eigenvalue weighted by molar-refractivity contribution is -0.432. The highest BCUT2D eigenvalue weighted by molar-refractivity contribution is 5.66. The summed E-state index contributed by atoms with van der Waals surface area (Å²) in [5.41, 5.74) is -7.34. The van der Waals surface area contributed by atoms with Gasteiger partial charge in [0.2, 0.25) is 0 Å². The second kappa shape index (κ2) is 14.8. The first-order valence-corrected chi connectivity index (χ1v) is 15.7. The molecule has 3 aromatic carbocycles. The summed E-state index contributed by atoms with van der Waals surface area (Å²) < 4.78 is 201. The van der Waals surface area contributed by atoms with E-state index >= 15 is 17.6 Å². The van der Waals surface area contributed by atoms with Gasteiger partial charge in [-0.05, 0) is 54.5 Å². The van der Waals surface area contributed by atoms with Crippen molar-refractivity contribution >= 4 is 0 Å². The van der Waals surface area contributed by atoms with Gasteiger partial charge in [0, 0.05) is 23.6 Å². The smallest absolute Gasteiger partial charge is 0.429 e. The van der Waals surface area contributed by atoms with Crippen LogP contribution < -0.4 is 4.74 Å². The van der Waals surface area contributed by atoms with Crippen molar-refractivity contribution in [3.63, 3.8) is 0 Å². The highest BCUT2D eigenvalue weighted by Gasteiger charge is 2.50. The summed E-state index contributed by atoms with van der Waals surface area (Å²) in [4.78, 5) is 0. The highest BCUT2D eigenvalue weighted by Crippen LogP contribution is 2.43. The van der Waals surface area contributed by atoms with Crippen molar-refractivity contribution in [2.75, 3.05) is 13.2 Å². The third-order valence-corrected chi connectivity index (χ3v) is 8.93. The molecule has 280 valence electrons. The third kappa shape index (κ3) is 8.74. The van der Waals surface area contributed by atoms with Gasteiger partial charge >= 0.3 is 18.6 Å². The van der Waals surface area contributed by atoms with Crippen molar-refractivity contribution in [1.29, 1.82) is 0 Å². The Kier molecular flexibility index (Phi) is 11.2. The van der Waals surface area contributed by atoms with Crippen molar-refractivity contribution in [1.82, 2.24) is 0 Å². The van der Waals surface area contributed by atoms with E-state index in [1.807, 2.05) is 0 Å². The summed E-state index contributed by atoms with van der Waals surface area (Å²) in [5, 5.41) is 0. The molecule has 4 nitrogen and oxygen atoms in total. The van der Waals surface area contributed by atoms with Crippen LogP contribution in [0.25, 0.3) is 11.1 Å². The maximum atomic E-state index is 15.1. The standard InChI is InChI=1S/C34H29F13O4/c1-2-3-16-4-6-17(7-5-16)20-14-48-31(49-15-20)19-10-26(39)29(27(40)11-19)32(41,42)50-21-12-22(35)28(23(36)13-21)18-8-24(37)30(25(38)9-18)33(43,44)51-34(45,46)47/h8-13,16-17,20,31H,2-7,14-15H2,1H3. The SMILES string of the molecule is CCCC1CCC(C2COC(c3cc(F)c(C(F)(F)Oc4cc(F)c(-c5cc(F)c(C(F)(F)OC(F)(F)F)c(F)c5)c(F)c4)c(F)c3)OC2)CC1. The topological polar surface area (TPSA) is 36.9 Å². The molecule has 1 aliphatic heterocycles. The maximum Gasteiger partial charge on any atom is 0.527 e. The van der Waals surface area contributed by atoms with E-state index in [9.17, 15) is 39.5 Å². The Morgan fingerprint density at radius 2 is 1.12 bits per heavy atom. The normalized spacial score (nSPS) is 21.9. The van der Waals surface area contributed by atoms with Crippen LogP contribution in [-0.2, 0) is 26.4 Å². The molecule has 0 unspecified atom stereocenters. The minimum atomic E-state index is -6.04. The minimum absolute atomic E-state index is 0.0258. The molecule has 3 aromatic rings. The van der Waals surface area contributed by atoms with E-state index in [0.29, 0.717) is 24.0 Å². The van der Waals surface area contributed by atoms with Gasteiger partial charge in [-0.1, -0.05) is 32.6 Å². The summed E-state index contributed by atoms with van der Waals surface area (Å²) in [6, 6.07) is 0.783. The number of ether oxygens (including phenoxy) is 4. The first kappa shape index (κ1) is 38.7. The average Bonchev–Trinajstić information content (AvgIpc) is 2.99. The van der Waals surface area contributed by atoms with Crippen molar-refractivity contribution in [2.24, 2.45) is 17.8 Å². The van der Waals surface area contributed by atoms with Crippen LogP contribution in [0, 0.1) is 52.7 Å². The Hall–Kier alpha value is -3.57. The third-order valence-electron chi connectivity index (χ3n) is 8.93. The molecule has 17 heteroatoms. The molecule has 0 bridgehead atoms. The van der Waals surface area contributed by atoms with Gasteiger partial charge in [0.15, 0.2) is 6.29 Å². The molecule has 51 heavy (non-hydrogen) atoms. The molecule has 1 aliphatic carbocycles. The molecule has 1 heterocycles. The molecule has 0 aromatic heterocycles. The van der Waals surface area contributed by atoms with E-state index in [0.717, 1.165) is 38.5 Å². The van der Waals surface area contributed by atoms with Gasteiger partial charge in [-0.25, -0.2) is 31.1 Å². The zero-order chi connectivity index (χ0) is 37.5. The fraction of sp³-hybridized carbons (Fsp3) is 0.471. The summed E-state index contributed by atoms with van der Waals surface area (Å²) in [6.07, 6.45) is -11.4. The number of hydrogen-bond acceptors (Lipinski definition) is 4. The summed E-state index contributed by atoms with van der Waals surface area (Å²) in [7, 11) is 0. The van der Waals surface area contributed by atoms with Crippen molar-refractivity contribution < 1.29 is 76.0 Å². The molecule has 2 aliphatic rings. The van der Waals surface area contributed by atoms with E-state index in [2.05, 4.69) is 16.4 Å². The minimum Gasteiger partial charge on any atom is -0.429 e. The molecule has 0 radical (unpaired) electrons. The van der Waals surface area contributed by atoms with Crippen LogP contribution in [-0.4, -0.2) is 19.6 Å². The largest absolute Gasteiger partial charge is 0.527 e. The van der Waals surface area contributed by atoms with Gasteiger partial charge in [0.25, 0.3) is 0 Å². The summed E-state index contributed by atoms with van der Waals surface area (Å²) in [6.45, 7) is 2.57. The van der Waals surface area contributed by atoms with E-state index in [4.69, 9.17) is 9.47 Å². The molecular weight excluding hydrogens is 719 g/mol. The lowest BCUT2D eigenvalue weighted by atomic mass is 9.75. The number of rotatable bonds is 10. The van der Waals surface area contributed by atoms with Gasteiger partial charge < -0.3 is 14.2 Å². The molecule has 1 saturated carbocycles. The van der Waals surface area contributed by atoms with Crippen molar-refractivity contribution in [3.05, 3.63) is 88.0 Å². The lowest BCUT2D eigenvalue weighted by Gasteiger charge is -2.38. The Morgan fingerprint density at radius 1 is 0.627 bits per heavy atom. The Morgan fingerprint density at radius 3 is 1.61 bits per heavy atom. The summed E-state index contributed by atoms with van der Waals surface area (Å²) in [5.74, 6) is -12.6. The molecule has 5 rings (SSSR count). The van der Waals surface area contributed by atoms with Crippen LogP contribution in [0.1, 0.15) is 68.4 Å². The van der Waals surface area contributed by atoms with Gasteiger partial charge in [0.05, 0.1) is 18.8 Å². The molecule has 0 spiro atoms. The fourth-order valence-electron chi connectivity index (χ4n) is 6.62. The first-order valence-electron chi connectivity index (χ1n) is 15.7. The van der Waals surface area contributed by atoms with Crippen LogP contribution in [0.15, 0.2) is 36.4 Å². The van der Waals surface area contributed by atoms with Gasteiger partial charge in [-0.2, -0.15) is 17.6 Å². The number of halogens is 13. The summed E-state index contributed by atoms with van der Waals surface area (Å²) >= 11 is 0. The number of benzene rings is 3. The monoisotopic (exact) mass is 748 g/mol. The second-order valence-electron chi connectivity index (χ2n) is 12.4. The maximum absolute atomic E-state index is 15.1. The van der Waals surface area contributed by atoms with E-state index in [1.54, 1.807) is 0 Å². The molecule has 0 atom stereocenters. The van der Waals surface area contributed by atoms with Crippen LogP contribution in [0.5, 0.6) is 5.75 Å². The van der Waals surface area contributed by atoms with Crippen LogP contribution in [0.3, 0.4) is 0 Å². The predicted molar refractivity (Wildman–Crippen MR) is 152 cm³/mol. The fourth-order valence-corrected chi connectivity index (χ4v) is 6.62. The zero-order valence-electron chi connectivity index (χ0n) is 26.5. The number of hydrogen-bond donors (Lipinski definition) is 0. The highest BCUT2D eigenvalue weighted by atomic mass is 19.4. The van der Waals surface area contributed by atoms with Crippen LogP contribution >= 0.6 is 0 Å². The lowest BCUT2D eigenvalue weighted by Crippen LogP contribution is -2.34. The van der Waals surface area contributed by atoms with Crippen LogP contribution in [0.2, 0.25) is 0 Å². The van der Waals surface area contributed by atoms with Crippen molar-refractivity contribution in [3.8, 4) is 16.9 Å². The number of alkyl halides is 7. The molecule has 0 N–H and O–H groups in total. The zero-order valence-corrected chi connectivity index (χ0v) is 26.5. The molecule has 0 amide bonds. The van der Waals surface area contributed by atoms with Crippen molar-refractivity contribution in [2.45, 2.75) is 70.3 Å². The molecule has 2 fully saturated rings. The molecular formula is C34H29F13O4. The van der Waals surface area contributed by atoms with Gasteiger partial charge in [-0.15, -0.1) is 13.2 Å². The Labute approximate surface area is 282 Å². The Balaban J connectivity index is 1.30.